The minimum atomic E-state index is 0. The quantitative estimate of drug-likeness (QED) is 0.734. The van der Waals surface area contributed by atoms with E-state index < -0.39 is 0 Å². The SMILES string of the molecule is CCC=CN.Cl.Oc1ccccc1. The molecule has 0 unspecified atom stereocenters. The number of aromatic hydroxyl groups is 1. The van der Waals surface area contributed by atoms with E-state index in [2.05, 4.69) is 0 Å². The molecular formula is C10H16ClNO. The Morgan fingerprint density at radius 1 is 1.31 bits per heavy atom. The number of halogens is 1. The van der Waals surface area contributed by atoms with Gasteiger partial charge in [0.15, 0.2) is 0 Å². The first-order chi connectivity index (χ1) is 5.81. The van der Waals surface area contributed by atoms with Gasteiger partial charge in [0.25, 0.3) is 0 Å². The predicted octanol–water partition coefficient (Wildman–Crippen LogP) is 2.68. The highest BCUT2D eigenvalue weighted by atomic mass is 35.5. The fraction of sp³-hybridized carbons (Fsp3) is 0.200. The van der Waals surface area contributed by atoms with Gasteiger partial charge in [-0.3, -0.25) is 0 Å². The van der Waals surface area contributed by atoms with Crippen LogP contribution < -0.4 is 5.73 Å². The summed E-state index contributed by atoms with van der Waals surface area (Å²) >= 11 is 0. The van der Waals surface area contributed by atoms with Crippen LogP contribution in [0.4, 0.5) is 0 Å². The average molecular weight is 202 g/mol. The van der Waals surface area contributed by atoms with E-state index in [0.29, 0.717) is 5.75 Å². The lowest BCUT2D eigenvalue weighted by atomic mass is 10.3. The molecule has 0 aromatic heterocycles. The molecule has 0 spiro atoms. The van der Waals surface area contributed by atoms with Crippen LogP contribution in [0.3, 0.4) is 0 Å². The summed E-state index contributed by atoms with van der Waals surface area (Å²) in [4.78, 5) is 0. The van der Waals surface area contributed by atoms with E-state index in [1.807, 2.05) is 19.1 Å². The third-order valence-corrected chi connectivity index (χ3v) is 1.13. The molecule has 0 saturated heterocycles. The molecule has 0 heterocycles. The van der Waals surface area contributed by atoms with Gasteiger partial charge in [0.2, 0.25) is 0 Å². The first-order valence-corrected chi connectivity index (χ1v) is 3.92. The average Bonchev–Trinajstić information content (AvgIpc) is 2.08. The maximum atomic E-state index is 8.63. The predicted molar refractivity (Wildman–Crippen MR) is 59.0 cm³/mol. The van der Waals surface area contributed by atoms with Gasteiger partial charge in [-0.15, -0.1) is 12.4 Å². The molecule has 3 N–H and O–H groups in total. The monoisotopic (exact) mass is 201 g/mol. The van der Waals surface area contributed by atoms with E-state index in [0.717, 1.165) is 6.42 Å². The fourth-order valence-corrected chi connectivity index (χ4v) is 0.564. The van der Waals surface area contributed by atoms with Crippen molar-refractivity contribution in [2.24, 2.45) is 5.73 Å². The number of para-hydroxylation sites is 1. The van der Waals surface area contributed by atoms with Gasteiger partial charge in [0.05, 0.1) is 0 Å². The highest BCUT2D eigenvalue weighted by Crippen LogP contribution is 2.02. The second-order valence-electron chi connectivity index (χ2n) is 2.17. The molecular weight excluding hydrogens is 186 g/mol. The Labute approximate surface area is 85.5 Å². The van der Waals surface area contributed by atoms with Gasteiger partial charge >= 0.3 is 0 Å². The number of phenols is 1. The largest absolute Gasteiger partial charge is 0.508 e. The van der Waals surface area contributed by atoms with E-state index in [9.17, 15) is 0 Å². The number of hydrogen-bond donors (Lipinski definition) is 2. The molecule has 0 aliphatic carbocycles. The van der Waals surface area contributed by atoms with Crippen molar-refractivity contribution in [3.63, 3.8) is 0 Å². The van der Waals surface area contributed by atoms with E-state index >= 15 is 0 Å². The van der Waals surface area contributed by atoms with Crippen LogP contribution in [0.1, 0.15) is 13.3 Å². The first kappa shape index (κ1) is 14.4. The van der Waals surface area contributed by atoms with Crippen LogP contribution in [0.15, 0.2) is 42.6 Å². The van der Waals surface area contributed by atoms with E-state index in [1.54, 1.807) is 30.5 Å². The van der Waals surface area contributed by atoms with Gasteiger partial charge in [0, 0.05) is 0 Å². The lowest BCUT2D eigenvalue weighted by Crippen LogP contribution is -1.72. The van der Waals surface area contributed by atoms with Crippen molar-refractivity contribution in [3.05, 3.63) is 42.6 Å². The Morgan fingerprint density at radius 3 is 2.00 bits per heavy atom. The van der Waals surface area contributed by atoms with Crippen LogP contribution in [-0.2, 0) is 0 Å². The highest BCUT2D eigenvalue weighted by Gasteiger charge is 1.74. The Balaban J connectivity index is 0. The van der Waals surface area contributed by atoms with Gasteiger partial charge in [-0.1, -0.05) is 31.2 Å². The number of hydrogen-bond acceptors (Lipinski definition) is 2. The maximum Gasteiger partial charge on any atom is 0.115 e. The zero-order chi connectivity index (χ0) is 9.23. The van der Waals surface area contributed by atoms with Gasteiger partial charge in [0.1, 0.15) is 5.75 Å². The van der Waals surface area contributed by atoms with Crippen molar-refractivity contribution in [2.75, 3.05) is 0 Å². The van der Waals surface area contributed by atoms with Crippen LogP contribution in [0, 0.1) is 0 Å². The molecule has 0 aliphatic heterocycles. The Bertz CT molecular complexity index is 211. The van der Waals surface area contributed by atoms with E-state index in [4.69, 9.17) is 10.8 Å². The van der Waals surface area contributed by atoms with Crippen LogP contribution in [0.2, 0.25) is 0 Å². The molecule has 3 heteroatoms. The van der Waals surface area contributed by atoms with Gasteiger partial charge < -0.3 is 10.8 Å². The van der Waals surface area contributed by atoms with Crippen LogP contribution in [0.25, 0.3) is 0 Å². The minimum absolute atomic E-state index is 0. The molecule has 13 heavy (non-hydrogen) atoms. The van der Waals surface area contributed by atoms with E-state index in [1.165, 1.54) is 0 Å². The molecule has 0 aliphatic rings. The maximum absolute atomic E-state index is 8.63. The molecule has 2 nitrogen and oxygen atoms in total. The standard InChI is InChI=1S/C6H6O.C4H9N.ClH/c7-6-4-2-1-3-5-6;1-2-3-4-5;/h1-5,7H;3-4H,2,5H2,1H3;1H. The van der Waals surface area contributed by atoms with Gasteiger partial charge in [-0.05, 0) is 24.8 Å². The number of allylic oxidation sites excluding steroid dienone is 1. The summed E-state index contributed by atoms with van der Waals surface area (Å²) in [5.74, 6) is 0.322. The van der Waals surface area contributed by atoms with Crippen molar-refractivity contribution in [3.8, 4) is 5.75 Å². The molecule has 0 saturated carbocycles. The summed E-state index contributed by atoms with van der Waals surface area (Å²) in [6.07, 6.45) is 4.50. The lowest BCUT2D eigenvalue weighted by Gasteiger charge is -1.82. The Morgan fingerprint density at radius 2 is 1.85 bits per heavy atom. The number of phenolic OH excluding ortho intramolecular Hbond substituents is 1. The number of rotatable bonds is 1. The second kappa shape index (κ2) is 10.8. The van der Waals surface area contributed by atoms with Crippen molar-refractivity contribution < 1.29 is 5.11 Å². The fourth-order valence-electron chi connectivity index (χ4n) is 0.564. The van der Waals surface area contributed by atoms with Crippen molar-refractivity contribution >= 4 is 12.4 Å². The zero-order valence-corrected chi connectivity index (χ0v) is 8.50. The summed E-state index contributed by atoms with van der Waals surface area (Å²) in [6, 6.07) is 8.71. The normalized spacial score (nSPS) is 8.38. The summed E-state index contributed by atoms with van der Waals surface area (Å²) in [6.45, 7) is 2.04. The molecule has 1 rings (SSSR count). The van der Waals surface area contributed by atoms with Crippen LogP contribution in [-0.4, -0.2) is 5.11 Å². The minimum Gasteiger partial charge on any atom is -0.508 e. The second-order valence-corrected chi connectivity index (χ2v) is 2.17. The highest BCUT2D eigenvalue weighted by molar-refractivity contribution is 5.85. The molecule has 0 fully saturated rings. The molecule has 0 bridgehead atoms. The third-order valence-electron chi connectivity index (χ3n) is 1.13. The van der Waals surface area contributed by atoms with E-state index in [-0.39, 0.29) is 12.4 Å². The summed E-state index contributed by atoms with van der Waals surface area (Å²) in [5.41, 5.74) is 4.96. The van der Waals surface area contributed by atoms with Gasteiger partial charge in [-0.2, -0.15) is 0 Å². The lowest BCUT2D eigenvalue weighted by molar-refractivity contribution is 0.475. The van der Waals surface area contributed by atoms with Crippen LogP contribution >= 0.6 is 12.4 Å². The van der Waals surface area contributed by atoms with Crippen molar-refractivity contribution in [2.45, 2.75) is 13.3 Å². The summed E-state index contributed by atoms with van der Waals surface area (Å²) < 4.78 is 0. The summed E-state index contributed by atoms with van der Waals surface area (Å²) in [5, 5.41) is 8.63. The van der Waals surface area contributed by atoms with Crippen LogP contribution in [0.5, 0.6) is 5.75 Å². The molecule has 74 valence electrons. The topological polar surface area (TPSA) is 46.2 Å². The van der Waals surface area contributed by atoms with Crippen molar-refractivity contribution in [1.29, 1.82) is 0 Å². The van der Waals surface area contributed by atoms with Crippen molar-refractivity contribution in [1.82, 2.24) is 0 Å². The van der Waals surface area contributed by atoms with Gasteiger partial charge in [-0.25, -0.2) is 0 Å². The molecule has 0 amide bonds. The Hall–Kier alpha value is -1.15. The summed E-state index contributed by atoms with van der Waals surface area (Å²) in [7, 11) is 0. The smallest absolute Gasteiger partial charge is 0.115 e. The molecule has 0 atom stereocenters. The molecule has 1 aromatic carbocycles. The third kappa shape index (κ3) is 10.8. The Kier molecular flexibility index (Phi) is 12.0. The molecule has 0 radical (unpaired) electrons. The number of benzene rings is 1. The first-order valence-electron chi connectivity index (χ1n) is 3.92. The number of nitrogens with two attached hydrogens (primary N) is 1. The zero-order valence-electron chi connectivity index (χ0n) is 7.68. The molecule has 1 aromatic rings.